The molecule has 1 aliphatic heterocycles. The van der Waals surface area contributed by atoms with E-state index < -0.39 is 11.7 Å². The summed E-state index contributed by atoms with van der Waals surface area (Å²) in [5.41, 5.74) is 2.04. The summed E-state index contributed by atoms with van der Waals surface area (Å²) >= 11 is 7.44. The van der Waals surface area contributed by atoms with Gasteiger partial charge < -0.3 is 9.47 Å². The lowest BCUT2D eigenvalue weighted by Crippen LogP contribution is -2.48. The largest absolute Gasteiger partial charge is 0.493 e. The van der Waals surface area contributed by atoms with E-state index in [4.69, 9.17) is 21.1 Å². The zero-order chi connectivity index (χ0) is 23.5. The van der Waals surface area contributed by atoms with Gasteiger partial charge in [-0.2, -0.15) is 0 Å². The van der Waals surface area contributed by atoms with E-state index in [1.54, 1.807) is 18.5 Å². The van der Waals surface area contributed by atoms with Crippen LogP contribution >= 0.6 is 23.5 Å². The second kappa shape index (κ2) is 10.5. The Hall–Kier alpha value is -2.03. The molecule has 33 heavy (non-hydrogen) atoms. The van der Waals surface area contributed by atoms with Crippen molar-refractivity contribution in [3.05, 3.63) is 51.9 Å². The number of pyridine rings is 1. The van der Waals surface area contributed by atoms with Gasteiger partial charge in [-0.15, -0.1) is 0 Å². The molecule has 1 aromatic heterocycles. The number of ether oxygens (including phenoxy) is 2. The van der Waals surface area contributed by atoms with Crippen molar-refractivity contribution in [1.29, 1.82) is 0 Å². The molecule has 1 aromatic carbocycles. The summed E-state index contributed by atoms with van der Waals surface area (Å²) in [7, 11) is 0. The molecule has 2 aromatic rings. The van der Waals surface area contributed by atoms with Crippen LogP contribution in [-0.4, -0.2) is 47.8 Å². The van der Waals surface area contributed by atoms with Gasteiger partial charge in [0, 0.05) is 44.1 Å². The van der Waals surface area contributed by atoms with Gasteiger partial charge in [0.1, 0.15) is 16.6 Å². The number of aromatic nitrogens is 1. The molecule has 1 saturated heterocycles. The van der Waals surface area contributed by atoms with Crippen LogP contribution in [0.3, 0.4) is 0 Å². The maximum absolute atomic E-state index is 14.6. The van der Waals surface area contributed by atoms with Gasteiger partial charge in [0.25, 0.3) is 5.91 Å². The van der Waals surface area contributed by atoms with Gasteiger partial charge in [-0.3, -0.25) is 14.4 Å². The third-order valence-electron chi connectivity index (χ3n) is 5.68. The standard InChI is InChI=1S/C24H29ClFN3O3S/c1-14(2)32-24-20(25)6-15(9-27-24)10-29-11-16(12-29)13-31-22-8-21(26)19(23(30)28-33-3)7-18(22)17-4-5-17/h6-9,14,16-17H,4-5,10-13H2,1-3H3,(H,28,30). The van der Waals surface area contributed by atoms with Gasteiger partial charge >= 0.3 is 0 Å². The van der Waals surface area contributed by atoms with E-state index in [1.807, 2.05) is 19.9 Å². The highest BCUT2D eigenvalue weighted by Gasteiger charge is 2.31. The Morgan fingerprint density at radius 3 is 2.73 bits per heavy atom. The number of halogens is 2. The minimum absolute atomic E-state index is 0.0228. The van der Waals surface area contributed by atoms with Crippen molar-refractivity contribution in [3.8, 4) is 11.6 Å². The minimum Gasteiger partial charge on any atom is -0.493 e. The lowest BCUT2D eigenvalue weighted by atomic mass is 10.00. The Labute approximate surface area is 203 Å². The first-order chi connectivity index (χ1) is 15.8. The number of benzene rings is 1. The second-order valence-electron chi connectivity index (χ2n) is 8.95. The summed E-state index contributed by atoms with van der Waals surface area (Å²) < 4.78 is 28.8. The van der Waals surface area contributed by atoms with E-state index in [9.17, 15) is 9.18 Å². The fraction of sp³-hybridized carbons (Fsp3) is 0.500. The average molecular weight is 494 g/mol. The van der Waals surface area contributed by atoms with Crippen LogP contribution in [0.1, 0.15) is 54.1 Å². The number of rotatable bonds is 10. The number of hydrogen-bond donors (Lipinski definition) is 1. The fourth-order valence-electron chi connectivity index (χ4n) is 3.97. The van der Waals surface area contributed by atoms with E-state index in [0.29, 0.717) is 35.1 Å². The summed E-state index contributed by atoms with van der Waals surface area (Å²) in [5, 5.41) is 0.519. The first kappa shape index (κ1) is 24.1. The number of nitrogens with zero attached hydrogens (tertiary/aromatic N) is 2. The van der Waals surface area contributed by atoms with Crippen LogP contribution in [0.25, 0.3) is 0 Å². The Morgan fingerprint density at radius 1 is 1.33 bits per heavy atom. The highest BCUT2D eigenvalue weighted by atomic mass is 35.5. The highest BCUT2D eigenvalue weighted by molar-refractivity contribution is 7.97. The first-order valence-electron chi connectivity index (χ1n) is 11.2. The number of nitrogens with one attached hydrogen (secondary N) is 1. The average Bonchev–Trinajstić information content (AvgIpc) is 3.56. The third-order valence-corrected chi connectivity index (χ3v) is 6.34. The first-order valence-corrected chi connectivity index (χ1v) is 12.8. The summed E-state index contributed by atoms with van der Waals surface area (Å²) in [5.74, 6) is 0.768. The zero-order valence-corrected chi connectivity index (χ0v) is 20.6. The highest BCUT2D eigenvalue weighted by Crippen LogP contribution is 2.45. The van der Waals surface area contributed by atoms with Crippen molar-refractivity contribution in [3.63, 3.8) is 0 Å². The third kappa shape index (κ3) is 6.11. The molecule has 0 radical (unpaired) electrons. The van der Waals surface area contributed by atoms with Crippen LogP contribution in [0.15, 0.2) is 24.4 Å². The minimum atomic E-state index is -0.551. The number of amides is 1. The van der Waals surface area contributed by atoms with E-state index >= 15 is 0 Å². The normalized spacial score (nSPS) is 16.5. The van der Waals surface area contributed by atoms with Crippen LogP contribution < -0.4 is 14.2 Å². The van der Waals surface area contributed by atoms with Gasteiger partial charge in [0.2, 0.25) is 5.88 Å². The summed E-state index contributed by atoms with van der Waals surface area (Å²) in [6.45, 7) is 6.92. The Kier molecular flexibility index (Phi) is 7.66. The van der Waals surface area contributed by atoms with Crippen LogP contribution in [-0.2, 0) is 6.54 Å². The van der Waals surface area contributed by atoms with E-state index in [-0.39, 0.29) is 11.7 Å². The van der Waals surface area contributed by atoms with Crippen molar-refractivity contribution in [2.24, 2.45) is 5.92 Å². The quantitative estimate of drug-likeness (QED) is 0.467. The molecule has 178 valence electrons. The van der Waals surface area contributed by atoms with Crippen LogP contribution in [0.4, 0.5) is 4.39 Å². The molecule has 1 saturated carbocycles. The predicted molar refractivity (Wildman–Crippen MR) is 129 cm³/mol. The Morgan fingerprint density at radius 2 is 2.09 bits per heavy atom. The smallest absolute Gasteiger partial charge is 0.264 e. The number of carbonyl (C=O) groups is 1. The Balaban J connectivity index is 1.30. The monoisotopic (exact) mass is 493 g/mol. The van der Waals surface area contributed by atoms with Crippen LogP contribution in [0.2, 0.25) is 5.02 Å². The van der Waals surface area contributed by atoms with Crippen molar-refractivity contribution >= 4 is 29.5 Å². The van der Waals surface area contributed by atoms with Crippen molar-refractivity contribution in [2.75, 3.05) is 26.0 Å². The molecule has 6 nitrogen and oxygen atoms in total. The molecular weight excluding hydrogens is 465 g/mol. The van der Waals surface area contributed by atoms with E-state index in [2.05, 4.69) is 14.6 Å². The Bertz CT molecular complexity index is 1010. The molecule has 1 N–H and O–H groups in total. The maximum Gasteiger partial charge on any atom is 0.264 e. The summed E-state index contributed by atoms with van der Waals surface area (Å²) in [4.78, 5) is 18.7. The predicted octanol–water partition coefficient (Wildman–Crippen LogP) is 5.06. The van der Waals surface area contributed by atoms with Gasteiger partial charge in [0.15, 0.2) is 0 Å². The van der Waals surface area contributed by atoms with E-state index in [1.165, 1.54) is 6.07 Å². The molecule has 1 amide bonds. The fourth-order valence-corrected chi connectivity index (χ4v) is 4.50. The molecule has 0 unspecified atom stereocenters. The molecule has 0 spiro atoms. The van der Waals surface area contributed by atoms with Gasteiger partial charge in [0.05, 0.1) is 18.3 Å². The molecule has 4 rings (SSSR count). The lowest BCUT2D eigenvalue weighted by Gasteiger charge is -2.39. The van der Waals surface area contributed by atoms with Crippen LogP contribution in [0.5, 0.6) is 11.6 Å². The van der Waals surface area contributed by atoms with Crippen molar-refractivity contribution in [1.82, 2.24) is 14.6 Å². The summed E-state index contributed by atoms with van der Waals surface area (Å²) in [6.07, 6.45) is 5.64. The topological polar surface area (TPSA) is 63.7 Å². The molecule has 2 heterocycles. The molecule has 9 heteroatoms. The van der Waals surface area contributed by atoms with Crippen molar-refractivity contribution in [2.45, 2.75) is 45.3 Å². The molecule has 1 aliphatic carbocycles. The lowest BCUT2D eigenvalue weighted by molar-refractivity contribution is 0.0552. The molecule has 0 atom stereocenters. The second-order valence-corrected chi connectivity index (χ2v) is 9.97. The molecule has 2 aliphatic rings. The zero-order valence-electron chi connectivity index (χ0n) is 19.1. The summed E-state index contributed by atoms with van der Waals surface area (Å²) in [6, 6.07) is 4.92. The van der Waals surface area contributed by atoms with Gasteiger partial charge in [-0.05, 0) is 55.9 Å². The van der Waals surface area contributed by atoms with Crippen LogP contribution in [0, 0.1) is 11.7 Å². The number of hydrogen-bond acceptors (Lipinski definition) is 6. The number of carbonyl (C=O) groups excluding carboxylic acids is 1. The number of likely N-dealkylation sites (tertiary alicyclic amines) is 1. The van der Waals surface area contributed by atoms with Gasteiger partial charge in [-0.1, -0.05) is 23.5 Å². The molecule has 0 bridgehead atoms. The van der Waals surface area contributed by atoms with Crippen molar-refractivity contribution < 1.29 is 18.7 Å². The molecular formula is C24H29ClFN3O3S. The van der Waals surface area contributed by atoms with E-state index in [0.717, 1.165) is 55.6 Å². The molecule has 2 fully saturated rings. The SMILES string of the molecule is CSNC(=O)c1cc(C2CC2)c(OCC2CN(Cc3cnc(OC(C)C)c(Cl)c3)C2)cc1F. The van der Waals surface area contributed by atoms with Gasteiger partial charge in [-0.25, -0.2) is 9.37 Å². The maximum atomic E-state index is 14.6.